The summed E-state index contributed by atoms with van der Waals surface area (Å²) >= 11 is 6.37. The van der Waals surface area contributed by atoms with Gasteiger partial charge in [0, 0.05) is 19.9 Å². The van der Waals surface area contributed by atoms with E-state index in [9.17, 15) is 4.79 Å². The zero-order chi connectivity index (χ0) is 17.3. The molecular formula is C18H19ClN2O3. The molecule has 0 unspecified atom stereocenters. The van der Waals surface area contributed by atoms with E-state index in [1.165, 1.54) is 14.2 Å². The van der Waals surface area contributed by atoms with Crippen LogP contribution in [0.4, 0.5) is 11.4 Å². The molecule has 1 atom stereocenters. The van der Waals surface area contributed by atoms with Crippen molar-refractivity contribution in [3.63, 3.8) is 0 Å². The van der Waals surface area contributed by atoms with E-state index in [1.54, 1.807) is 23.1 Å². The molecule has 0 aliphatic carbocycles. The van der Waals surface area contributed by atoms with Crippen LogP contribution in [0.1, 0.15) is 17.3 Å². The predicted octanol–water partition coefficient (Wildman–Crippen LogP) is 3.75. The largest absolute Gasteiger partial charge is 0.358 e. The lowest BCUT2D eigenvalue weighted by atomic mass is 9.98. The van der Waals surface area contributed by atoms with E-state index >= 15 is 0 Å². The molecule has 0 aromatic heterocycles. The molecule has 3 rings (SSSR count). The van der Waals surface area contributed by atoms with Crippen LogP contribution in [0.3, 0.4) is 0 Å². The molecule has 126 valence electrons. The number of halogens is 1. The maximum Gasteiger partial charge on any atom is 0.262 e. The summed E-state index contributed by atoms with van der Waals surface area (Å²) in [5, 5.41) is 3.85. The first-order chi connectivity index (χ1) is 11.5. The Kier molecular flexibility index (Phi) is 4.49. The number of carbonyl (C=O) groups excluding carboxylic acids is 1. The second-order valence-electron chi connectivity index (χ2n) is 5.71. The second-order valence-corrected chi connectivity index (χ2v) is 6.12. The van der Waals surface area contributed by atoms with Crippen LogP contribution >= 0.6 is 11.6 Å². The molecule has 5 nitrogen and oxygen atoms in total. The van der Waals surface area contributed by atoms with Gasteiger partial charge in [0.25, 0.3) is 5.91 Å². The van der Waals surface area contributed by atoms with E-state index in [1.807, 2.05) is 37.3 Å². The number of para-hydroxylation sites is 2. The normalized spacial score (nSPS) is 20.0. The monoisotopic (exact) mass is 346 g/mol. The van der Waals surface area contributed by atoms with E-state index in [0.717, 1.165) is 5.69 Å². The minimum Gasteiger partial charge on any atom is -0.358 e. The van der Waals surface area contributed by atoms with Gasteiger partial charge in [0.05, 0.1) is 16.3 Å². The van der Waals surface area contributed by atoms with Gasteiger partial charge in [-0.15, -0.1) is 0 Å². The summed E-state index contributed by atoms with van der Waals surface area (Å²) in [6.07, 6.45) is -0.703. The molecule has 0 bridgehead atoms. The SMILES string of the molecule is COC(OC)[C@@]1(C)Nc2ccccc2C(=O)N1c1ccccc1Cl. The maximum absolute atomic E-state index is 13.2. The number of ether oxygens (including phenoxy) is 2. The van der Waals surface area contributed by atoms with Crippen LogP contribution in [0.25, 0.3) is 0 Å². The molecule has 1 aliphatic heterocycles. The van der Waals surface area contributed by atoms with Gasteiger partial charge < -0.3 is 14.8 Å². The Balaban J connectivity index is 2.22. The van der Waals surface area contributed by atoms with Gasteiger partial charge in [-0.3, -0.25) is 9.69 Å². The van der Waals surface area contributed by atoms with Gasteiger partial charge >= 0.3 is 0 Å². The highest BCUT2D eigenvalue weighted by atomic mass is 35.5. The number of benzene rings is 2. The number of anilines is 2. The second kappa shape index (κ2) is 6.43. The number of amides is 1. The zero-order valence-electron chi connectivity index (χ0n) is 13.7. The first-order valence-electron chi connectivity index (χ1n) is 7.55. The highest BCUT2D eigenvalue weighted by molar-refractivity contribution is 6.34. The van der Waals surface area contributed by atoms with Crippen molar-refractivity contribution in [1.29, 1.82) is 0 Å². The Bertz CT molecular complexity index is 763. The fraction of sp³-hybridized carbons (Fsp3) is 0.278. The molecule has 1 heterocycles. The van der Waals surface area contributed by atoms with Crippen LogP contribution in [0, 0.1) is 0 Å². The summed E-state index contributed by atoms with van der Waals surface area (Å²) in [4.78, 5) is 14.8. The van der Waals surface area contributed by atoms with Crippen molar-refractivity contribution >= 4 is 28.9 Å². The lowest BCUT2D eigenvalue weighted by Crippen LogP contribution is -2.65. The number of hydrogen-bond acceptors (Lipinski definition) is 4. The number of nitrogens with one attached hydrogen (secondary N) is 1. The topological polar surface area (TPSA) is 50.8 Å². The highest BCUT2D eigenvalue weighted by Crippen LogP contribution is 2.40. The molecule has 2 aromatic carbocycles. The van der Waals surface area contributed by atoms with Gasteiger partial charge in [0.2, 0.25) is 0 Å². The fourth-order valence-corrected chi connectivity index (χ4v) is 3.37. The lowest BCUT2D eigenvalue weighted by Gasteiger charge is -2.48. The van der Waals surface area contributed by atoms with Crippen LogP contribution in [0.2, 0.25) is 5.02 Å². The predicted molar refractivity (Wildman–Crippen MR) is 94.5 cm³/mol. The Labute approximate surface area is 146 Å². The van der Waals surface area contributed by atoms with Gasteiger partial charge in [-0.05, 0) is 31.2 Å². The van der Waals surface area contributed by atoms with Gasteiger partial charge in [0.1, 0.15) is 0 Å². The Morgan fingerprint density at radius 3 is 2.38 bits per heavy atom. The average Bonchev–Trinajstić information content (AvgIpc) is 2.57. The van der Waals surface area contributed by atoms with Gasteiger partial charge in [0.15, 0.2) is 12.0 Å². The molecule has 0 saturated carbocycles. The van der Waals surface area contributed by atoms with E-state index in [2.05, 4.69) is 5.32 Å². The number of methoxy groups -OCH3 is 2. The van der Waals surface area contributed by atoms with Crippen molar-refractivity contribution in [2.24, 2.45) is 0 Å². The highest BCUT2D eigenvalue weighted by Gasteiger charge is 2.49. The van der Waals surface area contributed by atoms with Crippen LogP contribution < -0.4 is 10.2 Å². The summed E-state index contributed by atoms with van der Waals surface area (Å²) in [5.74, 6) is -0.168. The summed E-state index contributed by atoms with van der Waals surface area (Å²) < 4.78 is 11.0. The summed E-state index contributed by atoms with van der Waals surface area (Å²) in [7, 11) is 3.08. The van der Waals surface area contributed by atoms with Gasteiger partial charge in [-0.25, -0.2) is 0 Å². The number of fused-ring (bicyclic) bond motifs is 1. The number of rotatable bonds is 4. The molecule has 0 spiro atoms. The quantitative estimate of drug-likeness (QED) is 0.857. The third-order valence-corrected chi connectivity index (χ3v) is 4.51. The minimum atomic E-state index is -0.972. The molecule has 2 aromatic rings. The number of carbonyl (C=O) groups is 1. The summed E-state index contributed by atoms with van der Waals surface area (Å²) in [5.41, 5.74) is 0.918. The molecular weight excluding hydrogens is 328 g/mol. The van der Waals surface area contributed by atoms with Gasteiger partial charge in [-0.1, -0.05) is 35.9 Å². The number of nitrogens with zero attached hydrogens (tertiary/aromatic N) is 1. The van der Waals surface area contributed by atoms with Crippen molar-refractivity contribution in [3.05, 3.63) is 59.1 Å². The smallest absolute Gasteiger partial charge is 0.262 e. The van der Waals surface area contributed by atoms with E-state index in [-0.39, 0.29) is 5.91 Å². The van der Waals surface area contributed by atoms with Crippen molar-refractivity contribution in [3.8, 4) is 0 Å². The zero-order valence-corrected chi connectivity index (χ0v) is 14.5. The molecule has 0 radical (unpaired) electrons. The van der Waals surface area contributed by atoms with Gasteiger partial charge in [-0.2, -0.15) is 0 Å². The van der Waals surface area contributed by atoms with Crippen molar-refractivity contribution in [1.82, 2.24) is 0 Å². The number of hydrogen-bond donors (Lipinski definition) is 1. The first kappa shape index (κ1) is 16.8. The molecule has 0 saturated heterocycles. The van der Waals surface area contributed by atoms with E-state index in [0.29, 0.717) is 16.3 Å². The van der Waals surface area contributed by atoms with Crippen LogP contribution in [-0.2, 0) is 9.47 Å². The molecule has 0 fully saturated rings. The molecule has 1 N–H and O–H groups in total. The van der Waals surface area contributed by atoms with Crippen molar-refractivity contribution < 1.29 is 14.3 Å². The Morgan fingerprint density at radius 1 is 1.08 bits per heavy atom. The van der Waals surface area contributed by atoms with Crippen LogP contribution in [0.5, 0.6) is 0 Å². The summed E-state index contributed by atoms with van der Waals surface area (Å²) in [6, 6.07) is 14.6. The maximum atomic E-state index is 13.2. The standard InChI is InChI=1S/C18H19ClN2O3/c1-18(17(23-2)24-3)20-14-10-6-4-8-12(14)16(22)21(18)15-11-7-5-9-13(15)19/h4-11,17,20H,1-3H3/t18-/m0/s1. The minimum absolute atomic E-state index is 0.168. The Hall–Kier alpha value is -2.08. The first-order valence-corrected chi connectivity index (χ1v) is 7.92. The van der Waals surface area contributed by atoms with Crippen molar-refractivity contribution in [2.75, 3.05) is 24.4 Å². The summed E-state index contributed by atoms with van der Waals surface area (Å²) in [6.45, 7) is 1.85. The average molecular weight is 347 g/mol. The van der Waals surface area contributed by atoms with E-state index < -0.39 is 12.0 Å². The van der Waals surface area contributed by atoms with Crippen molar-refractivity contribution in [2.45, 2.75) is 18.9 Å². The molecule has 1 amide bonds. The Morgan fingerprint density at radius 2 is 1.71 bits per heavy atom. The van der Waals surface area contributed by atoms with Crippen LogP contribution in [-0.4, -0.2) is 32.1 Å². The molecule has 24 heavy (non-hydrogen) atoms. The van der Waals surface area contributed by atoms with E-state index in [4.69, 9.17) is 21.1 Å². The van der Waals surface area contributed by atoms with Crippen LogP contribution in [0.15, 0.2) is 48.5 Å². The third kappa shape index (κ3) is 2.55. The third-order valence-electron chi connectivity index (χ3n) is 4.19. The molecule has 1 aliphatic rings. The lowest BCUT2D eigenvalue weighted by molar-refractivity contribution is -0.135. The fourth-order valence-electron chi connectivity index (χ4n) is 3.15. The molecule has 6 heteroatoms.